The molecular weight excluding hydrogens is 244 g/mol. The van der Waals surface area contributed by atoms with Crippen LogP contribution in [0.4, 0.5) is 5.69 Å². The second-order valence-electron chi connectivity index (χ2n) is 4.87. The van der Waals surface area contributed by atoms with Crippen LogP contribution in [0.15, 0.2) is 24.3 Å². The van der Waals surface area contributed by atoms with Gasteiger partial charge in [0.2, 0.25) is 5.91 Å². The van der Waals surface area contributed by atoms with Crippen LogP contribution < -0.4 is 10.6 Å². The summed E-state index contributed by atoms with van der Waals surface area (Å²) in [5, 5.41) is 0. The van der Waals surface area contributed by atoms with E-state index in [-0.39, 0.29) is 5.91 Å². The van der Waals surface area contributed by atoms with Crippen LogP contribution in [-0.4, -0.2) is 17.9 Å². The third-order valence-corrected chi connectivity index (χ3v) is 3.82. The first-order chi connectivity index (χ1) is 8.58. The van der Waals surface area contributed by atoms with Crippen LogP contribution in [0, 0.1) is 5.92 Å². The first-order valence-corrected chi connectivity index (χ1v) is 6.65. The van der Waals surface area contributed by atoms with Gasteiger partial charge in [0.1, 0.15) is 4.99 Å². The molecule has 2 N–H and O–H groups in total. The van der Waals surface area contributed by atoms with Gasteiger partial charge in [0.25, 0.3) is 0 Å². The first-order valence-electron chi connectivity index (χ1n) is 6.24. The van der Waals surface area contributed by atoms with E-state index in [0.29, 0.717) is 17.3 Å². The van der Waals surface area contributed by atoms with Gasteiger partial charge in [0.15, 0.2) is 0 Å². The van der Waals surface area contributed by atoms with Gasteiger partial charge in [-0.15, -0.1) is 0 Å². The van der Waals surface area contributed by atoms with Crippen molar-refractivity contribution in [2.45, 2.75) is 25.7 Å². The normalized spacial score (nSPS) is 14.9. The Kier molecular flexibility index (Phi) is 3.97. The van der Waals surface area contributed by atoms with Gasteiger partial charge in [0.05, 0.1) is 0 Å². The van der Waals surface area contributed by atoms with E-state index in [0.717, 1.165) is 11.3 Å². The van der Waals surface area contributed by atoms with E-state index in [1.54, 1.807) is 11.9 Å². The fourth-order valence-corrected chi connectivity index (χ4v) is 2.22. The van der Waals surface area contributed by atoms with E-state index in [1.807, 2.05) is 24.3 Å². The molecule has 0 radical (unpaired) electrons. The van der Waals surface area contributed by atoms with Crippen LogP contribution in [0.3, 0.4) is 0 Å². The lowest BCUT2D eigenvalue weighted by molar-refractivity contribution is -0.119. The summed E-state index contributed by atoms with van der Waals surface area (Å²) in [5.41, 5.74) is 7.25. The van der Waals surface area contributed by atoms with Crippen molar-refractivity contribution in [1.82, 2.24) is 0 Å². The monoisotopic (exact) mass is 262 g/mol. The molecule has 1 fully saturated rings. The Morgan fingerprint density at radius 2 is 2.22 bits per heavy atom. The van der Waals surface area contributed by atoms with E-state index >= 15 is 0 Å². The number of carbonyl (C=O) groups excluding carboxylic acids is 1. The molecule has 0 atom stereocenters. The molecule has 96 valence electrons. The number of nitrogens with two attached hydrogens (primary N) is 1. The van der Waals surface area contributed by atoms with Crippen molar-refractivity contribution in [3.63, 3.8) is 0 Å². The Hall–Kier alpha value is -1.42. The van der Waals surface area contributed by atoms with Gasteiger partial charge in [-0.2, -0.15) is 0 Å². The smallest absolute Gasteiger partial charge is 0.226 e. The fraction of sp³-hybridized carbons (Fsp3) is 0.429. The number of nitrogens with zero attached hydrogens (tertiary/aromatic N) is 1. The number of carbonyl (C=O) groups is 1. The average molecular weight is 262 g/mol. The summed E-state index contributed by atoms with van der Waals surface area (Å²) in [7, 11) is 1.81. The standard InChI is InChI=1S/C14H18N2OS/c1-16(13(17)8-10-4-2-5-10)12-7-3-6-11(9-12)14(15)18/h3,6-7,9-10H,2,4-5,8H2,1H3,(H2,15,18). The third kappa shape index (κ3) is 2.88. The molecule has 18 heavy (non-hydrogen) atoms. The van der Waals surface area contributed by atoms with E-state index in [2.05, 4.69) is 0 Å². The summed E-state index contributed by atoms with van der Waals surface area (Å²) in [4.78, 5) is 14.1. The second kappa shape index (κ2) is 5.48. The predicted molar refractivity (Wildman–Crippen MR) is 77.7 cm³/mol. The van der Waals surface area contributed by atoms with Gasteiger partial charge in [-0.05, 0) is 30.9 Å². The van der Waals surface area contributed by atoms with Gasteiger partial charge in [0, 0.05) is 24.7 Å². The number of hydrogen-bond donors (Lipinski definition) is 1. The highest BCUT2D eigenvalue weighted by atomic mass is 32.1. The maximum Gasteiger partial charge on any atom is 0.226 e. The van der Waals surface area contributed by atoms with Crippen LogP contribution in [0.2, 0.25) is 0 Å². The lowest BCUT2D eigenvalue weighted by Gasteiger charge is -2.27. The molecule has 2 rings (SSSR count). The zero-order valence-corrected chi connectivity index (χ0v) is 11.4. The summed E-state index contributed by atoms with van der Waals surface area (Å²) >= 11 is 4.95. The topological polar surface area (TPSA) is 46.3 Å². The molecule has 0 aliphatic heterocycles. The zero-order valence-electron chi connectivity index (χ0n) is 10.6. The van der Waals surface area contributed by atoms with Crippen LogP contribution in [-0.2, 0) is 4.79 Å². The largest absolute Gasteiger partial charge is 0.389 e. The quantitative estimate of drug-likeness (QED) is 0.848. The maximum atomic E-state index is 12.1. The van der Waals surface area contributed by atoms with Crippen molar-refractivity contribution in [1.29, 1.82) is 0 Å². The Morgan fingerprint density at radius 3 is 2.78 bits per heavy atom. The molecule has 3 nitrogen and oxygen atoms in total. The molecule has 1 amide bonds. The number of amides is 1. The number of rotatable bonds is 4. The molecule has 1 aromatic carbocycles. The Bertz CT molecular complexity index is 469. The summed E-state index contributed by atoms with van der Waals surface area (Å²) in [6.07, 6.45) is 4.28. The van der Waals surface area contributed by atoms with E-state index in [9.17, 15) is 4.79 Å². The van der Waals surface area contributed by atoms with Crippen molar-refractivity contribution in [2.24, 2.45) is 11.7 Å². The summed E-state index contributed by atoms with van der Waals surface area (Å²) < 4.78 is 0. The highest BCUT2D eigenvalue weighted by Crippen LogP contribution is 2.30. The predicted octanol–water partition coefficient (Wildman–Crippen LogP) is 2.47. The Balaban J connectivity index is 2.06. The zero-order chi connectivity index (χ0) is 13.1. The number of thiocarbonyl (C=S) groups is 1. The minimum atomic E-state index is 0.166. The second-order valence-corrected chi connectivity index (χ2v) is 5.31. The number of benzene rings is 1. The molecule has 1 aromatic rings. The van der Waals surface area contributed by atoms with E-state index in [4.69, 9.17) is 18.0 Å². The fourth-order valence-electron chi connectivity index (χ4n) is 2.09. The van der Waals surface area contributed by atoms with Gasteiger partial charge >= 0.3 is 0 Å². The Labute approximate surface area is 113 Å². The molecule has 0 aromatic heterocycles. The Morgan fingerprint density at radius 1 is 1.50 bits per heavy atom. The van der Waals surface area contributed by atoms with E-state index < -0.39 is 0 Å². The number of anilines is 1. The lowest BCUT2D eigenvalue weighted by Crippen LogP contribution is -2.30. The summed E-state index contributed by atoms with van der Waals surface area (Å²) in [5.74, 6) is 0.749. The van der Waals surface area contributed by atoms with Gasteiger partial charge in [-0.3, -0.25) is 4.79 Å². The molecule has 1 aliphatic carbocycles. The summed E-state index contributed by atoms with van der Waals surface area (Å²) in [6.45, 7) is 0. The lowest BCUT2D eigenvalue weighted by atomic mass is 9.82. The van der Waals surface area contributed by atoms with Crippen molar-refractivity contribution in [3.8, 4) is 0 Å². The SMILES string of the molecule is CN(C(=O)CC1CCC1)c1cccc(C(N)=S)c1. The minimum absolute atomic E-state index is 0.166. The van der Waals surface area contributed by atoms with Gasteiger partial charge < -0.3 is 10.6 Å². The third-order valence-electron chi connectivity index (χ3n) is 3.58. The molecule has 0 heterocycles. The molecular formula is C14H18N2OS. The molecule has 0 bridgehead atoms. The molecule has 1 saturated carbocycles. The van der Waals surface area contributed by atoms with E-state index in [1.165, 1.54) is 19.3 Å². The molecule has 0 spiro atoms. The first kappa shape index (κ1) is 13.0. The van der Waals surface area contributed by atoms with Crippen LogP contribution in [0.1, 0.15) is 31.2 Å². The van der Waals surface area contributed by atoms with Crippen LogP contribution in [0.5, 0.6) is 0 Å². The van der Waals surface area contributed by atoms with Gasteiger partial charge in [-0.25, -0.2) is 0 Å². The van der Waals surface area contributed by atoms with Crippen molar-refractivity contribution >= 4 is 28.8 Å². The molecule has 0 unspecified atom stereocenters. The highest BCUT2D eigenvalue weighted by molar-refractivity contribution is 7.80. The number of hydrogen-bond acceptors (Lipinski definition) is 2. The molecule has 1 aliphatic rings. The molecule has 4 heteroatoms. The van der Waals surface area contributed by atoms with Crippen molar-refractivity contribution in [2.75, 3.05) is 11.9 Å². The molecule has 0 saturated heterocycles. The summed E-state index contributed by atoms with van der Waals surface area (Å²) in [6, 6.07) is 7.49. The van der Waals surface area contributed by atoms with Crippen LogP contribution in [0.25, 0.3) is 0 Å². The van der Waals surface area contributed by atoms with Gasteiger partial charge in [-0.1, -0.05) is 30.8 Å². The average Bonchev–Trinajstić information content (AvgIpc) is 2.32. The minimum Gasteiger partial charge on any atom is -0.389 e. The van der Waals surface area contributed by atoms with Crippen molar-refractivity contribution < 1.29 is 4.79 Å². The highest BCUT2D eigenvalue weighted by Gasteiger charge is 2.23. The van der Waals surface area contributed by atoms with Crippen molar-refractivity contribution in [3.05, 3.63) is 29.8 Å². The van der Waals surface area contributed by atoms with Crippen LogP contribution >= 0.6 is 12.2 Å². The maximum absolute atomic E-state index is 12.1.